The molecule has 0 radical (unpaired) electrons. The van der Waals surface area contributed by atoms with Crippen molar-refractivity contribution < 1.29 is 27.2 Å². The third kappa shape index (κ3) is 6.54. The van der Waals surface area contributed by atoms with Gasteiger partial charge in [-0.05, 0) is 35.4 Å². The highest BCUT2D eigenvalue weighted by Crippen LogP contribution is 2.29. The second-order valence-electron chi connectivity index (χ2n) is 8.89. The lowest BCUT2D eigenvalue weighted by Crippen LogP contribution is -2.50. The number of amides is 2. The first kappa shape index (κ1) is 25.5. The van der Waals surface area contributed by atoms with Crippen molar-refractivity contribution in [1.82, 2.24) is 14.7 Å². The Balaban J connectivity index is 1.45. The van der Waals surface area contributed by atoms with Gasteiger partial charge in [-0.15, -0.1) is 0 Å². The van der Waals surface area contributed by atoms with Gasteiger partial charge in [0.1, 0.15) is 5.76 Å². The number of piperazine rings is 1. The molecule has 190 valence electrons. The number of rotatable bonds is 7. The summed E-state index contributed by atoms with van der Waals surface area (Å²) in [4.78, 5) is 29.8. The fourth-order valence-corrected chi connectivity index (χ4v) is 4.25. The van der Waals surface area contributed by atoms with Gasteiger partial charge in [0.15, 0.2) is 5.76 Å². The van der Waals surface area contributed by atoms with Gasteiger partial charge in [-0.3, -0.25) is 14.5 Å². The standard InChI is InChI=1S/C27H28F3N3O3/c1-20(34)32-13-15-33(16-14-32)26(35)25-12-11-24(36-25)19-31(17-21-5-3-2-4-6-21)18-22-7-9-23(10-8-22)27(28,29)30/h2-12H,13-19H2,1H3. The normalized spacial score (nSPS) is 14.4. The summed E-state index contributed by atoms with van der Waals surface area (Å²) in [6.07, 6.45) is -4.38. The van der Waals surface area contributed by atoms with Crippen molar-refractivity contribution in [3.05, 3.63) is 94.9 Å². The molecule has 1 aliphatic heterocycles. The van der Waals surface area contributed by atoms with E-state index in [1.165, 1.54) is 19.1 Å². The van der Waals surface area contributed by atoms with Crippen LogP contribution in [0, 0.1) is 0 Å². The van der Waals surface area contributed by atoms with Crippen molar-refractivity contribution in [2.24, 2.45) is 0 Å². The van der Waals surface area contributed by atoms with Crippen molar-refractivity contribution in [2.75, 3.05) is 26.2 Å². The molecule has 3 aromatic rings. The van der Waals surface area contributed by atoms with E-state index >= 15 is 0 Å². The van der Waals surface area contributed by atoms with Crippen LogP contribution in [0.25, 0.3) is 0 Å². The molecule has 0 saturated carbocycles. The quantitative estimate of drug-likeness (QED) is 0.469. The average molecular weight is 500 g/mol. The van der Waals surface area contributed by atoms with Crippen LogP contribution in [0.15, 0.2) is 71.1 Å². The maximum absolute atomic E-state index is 12.9. The van der Waals surface area contributed by atoms with Crippen molar-refractivity contribution in [3.63, 3.8) is 0 Å². The van der Waals surface area contributed by atoms with E-state index in [0.29, 0.717) is 51.6 Å². The average Bonchev–Trinajstić information content (AvgIpc) is 3.32. The van der Waals surface area contributed by atoms with Gasteiger partial charge in [0.05, 0.1) is 12.1 Å². The molecular formula is C27H28F3N3O3. The highest BCUT2D eigenvalue weighted by atomic mass is 19.4. The van der Waals surface area contributed by atoms with Crippen LogP contribution in [0.3, 0.4) is 0 Å². The van der Waals surface area contributed by atoms with Crippen molar-refractivity contribution in [3.8, 4) is 0 Å². The fraction of sp³-hybridized carbons (Fsp3) is 0.333. The van der Waals surface area contributed by atoms with E-state index in [2.05, 4.69) is 4.90 Å². The second-order valence-corrected chi connectivity index (χ2v) is 8.89. The van der Waals surface area contributed by atoms with Crippen molar-refractivity contribution >= 4 is 11.8 Å². The molecule has 0 bridgehead atoms. The number of hydrogen-bond acceptors (Lipinski definition) is 4. The van der Waals surface area contributed by atoms with Gasteiger partial charge in [-0.25, -0.2) is 0 Å². The molecule has 0 unspecified atom stereocenters. The van der Waals surface area contributed by atoms with Crippen LogP contribution < -0.4 is 0 Å². The molecule has 1 aliphatic rings. The first-order chi connectivity index (χ1) is 17.2. The molecule has 6 nitrogen and oxygen atoms in total. The van der Waals surface area contributed by atoms with E-state index in [1.54, 1.807) is 21.9 Å². The van der Waals surface area contributed by atoms with E-state index in [-0.39, 0.29) is 17.6 Å². The molecule has 0 N–H and O–H groups in total. The lowest BCUT2D eigenvalue weighted by molar-refractivity contribution is -0.137. The SMILES string of the molecule is CC(=O)N1CCN(C(=O)c2ccc(CN(Cc3ccccc3)Cc3ccc(C(F)(F)F)cc3)o2)CC1. The van der Waals surface area contributed by atoms with E-state index in [4.69, 9.17) is 4.42 Å². The number of furan rings is 1. The van der Waals surface area contributed by atoms with Crippen LogP contribution in [0.2, 0.25) is 0 Å². The Labute approximate surface area is 207 Å². The van der Waals surface area contributed by atoms with Crippen molar-refractivity contribution in [1.29, 1.82) is 0 Å². The summed E-state index contributed by atoms with van der Waals surface area (Å²) in [5, 5.41) is 0. The zero-order valence-electron chi connectivity index (χ0n) is 20.0. The first-order valence-electron chi connectivity index (χ1n) is 11.7. The Morgan fingerprint density at radius 3 is 1.97 bits per heavy atom. The summed E-state index contributed by atoms with van der Waals surface area (Å²) in [5.74, 6) is 0.592. The van der Waals surface area contributed by atoms with Gasteiger partial charge in [0.25, 0.3) is 5.91 Å². The third-order valence-electron chi connectivity index (χ3n) is 6.20. The third-order valence-corrected chi connectivity index (χ3v) is 6.20. The molecule has 1 saturated heterocycles. The molecule has 2 heterocycles. The number of halogens is 3. The number of benzene rings is 2. The molecule has 9 heteroatoms. The van der Waals surface area contributed by atoms with Crippen LogP contribution in [-0.2, 0) is 30.6 Å². The van der Waals surface area contributed by atoms with Gasteiger partial charge in [-0.1, -0.05) is 42.5 Å². The Morgan fingerprint density at radius 2 is 1.39 bits per heavy atom. The lowest BCUT2D eigenvalue weighted by atomic mass is 10.1. The van der Waals surface area contributed by atoms with E-state index < -0.39 is 11.7 Å². The lowest BCUT2D eigenvalue weighted by Gasteiger charge is -2.33. The highest BCUT2D eigenvalue weighted by molar-refractivity contribution is 5.91. The smallest absolute Gasteiger partial charge is 0.416 e. The van der Waals surface area contributed by atoms with E-state index in [9.17, 15) is 22.8 Å². The molecule has 4 rings (SSSR count). The van der Waals surface area contributed by atoms with Gasteiger partial charge >= 0.3 is 6.18 Å². The molecule has 0 spiro atoms. The summed E-state index contributed by atoms with van der Waals surface area (Å²) in [7, 11) is 0. The Hall–Kier alpha value is -3.59. The highest BCUT2D eigenvalue weighted by Gasteiger charge is 2.30. The second kappa shape index (κ2) is 11.0. The minimum atomic E-state index is -4.38. The zero-order chi connectivity index (χ0) is 25.7. The topological polar surface area (TPSA) is 57.0 Å². The molecule has 1 fully saturated rings. The predicted octanol–water partition coefficient (Wildman–Crippen LogP) is 4.81. The van der Waals surface area contributed by atoms with E-state index in [0.717, 1.165) is 23.3 Å². The molecular weight excluding hydrogens is 471 g/mol. The molecule has 1 aromatic heterocycles. The number of carbonyl (C=O) groups excluding carboxylic acids is 2. The summed E-state index contributed by atoms with van der Waals surface area (Å²) >= 11 is 0. The monoisotopic (exact) mass is 499 g/mol. The minimum Gasteiger partial charge on any atom is -0.455 e. The predicted molar refractivity (Wildman–Crippen MR) is 128 cm³/mol. The molecule has 36 heavy (non-hydrogen) atoms. The maximum Gasteiger partial charge on any atom is 0.416 e. The van der Waals surface area contributed by atoms with Crippen LogP contribution in [0.4, 0.5) is 13.2 Å². The fourth-order valence-electron chi connectivity index (χ4n) is 4.25. The van der Waals surface area contributed by atoms with Crippen LogP contribution >= 0.6 is 0 Å². The number of alkyl halides is 3. The Bertz CT molecular complexity index is 1170. The van der Waals surface area contributed by atoms with Crippen LogP contribution in [0.5, 0.6) is 0 Å². The molecule has 0 aliphatic carbocycles. The summed E-state index contributed by atoms with van der Waals surface area (Å²) in [5.41, 5.74) is 1.11. The van der Waals surface area contributed by atoms with Crippen molar-refractivity contribution in [2.45, 2.75) is 32.7 Å². The summed E-state index contributed by atoms with van der Waals surface area (Å²) in [6.45, 7) is 4.73. The molecule has 0 atom stereocenters. The van der Waals surface area contributed by atoms with Gasteiger partial charge in [0.2, 0.25) is 5.91 Å². The van der Waals surface area contributed by atoms with E-state index in [1.807, 2.05) is 30.3 Å². The molecule has 2 amide bonds. The van der Waals surface area contributed by atoms with Crippen LogP contribution in [-0.4, -0.2) is 52.7 Å². The first-order valence-corrected chi connectivity index (χ1v) is 11.7. The maximum atomic E-state index is 12.9. The number of nitrogens with zero attached hydrogens (tertiary/aromatic N) is 3. The van der Waals surface area contributed by atoms with Gasteiger partial charge in [-0.2, -0.15) is 13.2 Å². The summed E-state index contributed by atoms with van der Waals surface area (Å²) < 4.78 is 44.7. The van der Waals surface area contributed by atoms with Crippen LogP contribution in [0.1, 0.15) is 39.9 Å². The van der Waals surface area contributed by atoms with Gasteiger partial charge < -0.3 is 14.2 Å². The van der Waals surface area contributed by atoms with Gasteiger partial charge in [0, 0.05) is 46.2 Å². The zero-order valence-corrected chi connectivity index (χ0v) is 20.0. The summed E-state index contributed by atoms with van der Waals surface area (Å²) in [6, 6.07) is 18.3. The Morgan fingerprint density at radius 1 is 0.806 bits per heavy atom. The number of hydrogen-bond donors (Lipinski definition) is 0. The number of carbonyl (C=O) groups is 2. The molecule has 2 aromatic carbocycles. The Kier molecular flexibility index (Phi) is 7.79. The minimum absolute atomic E-state index is 0.00561. The largest absolute Gasteiger partial charge is 0.455 e.